The first-order chi connectivity index (χ1) is 9.53. The van der Waals surface area contributed by atoms with Gasteiger partial charge in [-0.05, 0) is 23.8 Å². The van der Waals surface area contributed by atoms with Crippen LogP contribution in [0, 0.1) is 12.4 Å². The molecule has 0 N–H and O–H groups in total. The first kappa shape index (κ1) is 14.2. The number of rotatable bonds is 4. The van der Waals surface area contributed by atoms with Gasteiger partial charge in [-0.15, -0.1) is 0 Å². The summed E-state index contributed by atoms with van der Waals surface area (Å²) in [6, 6.07) is 13.8. The Bertz CT molecular complexity index is 736. The van der Waals surface area contributed by atoms with Crippen molar-refractivity contribution in [2.45, 2.75) is 11.1 Å². The van der Waals surface area contributed by atoms with Crippen molar-refractivity contribution in [3.05, 3.63) is 83.0 Å². The van der Waals surface area contributed by atoms with Crippen molar-refractivity contribution < 1.29 is 12.8 Å². The zero-order chi connectivity index (χ0) is 14.6. The predicted molar refractivity (Wildman–Crippen MR) is 74.8 cm³/mol. The topological polar surface area (TPSA) is 38.5 Å². The largest absolute Gasteiger partial charge is 0.346 e. The van der Waals surface area contributed by atoms with Crippen LogP contribution in [-0.2, 0) is 15.6 Å². The van der Waals surface area contributed by atoms with Gasteiger partial charge in [0.1, 0.15) is 5.82 Å². The minimum absolute atomic E-state index is 0.163. The van der Waals surface area contributed by atoms with Gasteiger partial charge in [-0.25, -0.2) is 19.4 Å². The molecule has 0 aliphatic carbocycles. The van der Waals surface area contributed by atoms with Crippen molar-refractivity contribution in [1.82, 2.24) is 0 Å². The average molecular weight is 289 g/mol. The summed E-state index contributed by atoms with van der Waals surface area (Å²) >= 11 is 0. The van der Waals surface area contributed by atoms with Crippen LogP contribution in [0.4, 0.5) is 4.39 Å². The second kappa shape index (κ2) is 5.85. The third-order valence-electron chi connectivity index (χ3n) is 2.80. The molecule has 0 aliphatic heterocycles. The smallest absolute Gasteiger partial charge is 0.291 e. The fourth-order valence-electron chi connectivity index (χ4n) is 1.91. The minimum atomic E-state index is -3.72. The summed E-state index contributed by atoms with van der Waals surface area (Å²) in [6.07, 6.45) is 0. The first-order valence-corrected chi connectivity index (χ1v) is 7.62. The fraction of sp³-hybridized carbons (Fsp3) is 0.133. The Balaban J connectivity index is 2.34. The molecule has 102 valence electrons. The number of sulfone groups is 1. The Kier molecular flexibility index (Phi) is 4.16. The number of hydrogen-bond donors (Lipinski definition) is 0. The lowest BCUT2D eigenvalue weighted by atomic mass is 10.2. The van der Waals surface area contributed by atoms with E-state index in [2.05, 4.69) is 4.85 Å². The van der Waals surface area contributed by atoms with E-state index in [1.54, 1.807) is 30.3 Å². The molecule has 1 unspecified atom stereocenters. The molecule has 0 aliphatic rings. The Morgan fingerprint density at radius 3 is 2.40 bits per heavy atom. The number of halogens is 1. The maximum atomic E-state index is 13.2. The molecule has 2 aromatic carbocycles. The second-order valence-corrected chi connectivity index (χ2v) is 6.39. The molecule has 0 aromatic heterocycles. The molecule has 3 nitrogen and oxygen atoms in total. The summed E-state index contributed by atoms with van der Waals surface area (Å²) in [7, 11) is -3.72. The molecule has 0 amide bonds. The van der Waals surface area contributed by atoms with Crippen LogP contribution < -0.4 is 0 Å². The first-order valence-electron chi connectivity index (χ1n) is 5.90. The summed E-state index contributed by atoms with van der Waals surface area (Å²) in [5.74, 6) is -0.789. The summed E-state index contributed by atoms with van der Waals surface area (Å²) in [6.45, 7) is 7.11. The molecule has 0 fully saturated rings. The van der Waals surface area contributed by atoms with Gasteiger partial charge in [-0.3, -0.25) is 4.85 Å². The van der Waals surface area contributed by atoms with Crippen molar-refractivity contribution in [2.24, 2.45) is 0 Å². The highest BCUT2D eigenvalue weighted by Gasteiger charge is 2.32. The van der Waals surface area contributed by atoms with Gasteiger partial charge in [0.05, 0.1) is 11.3 Å². The lowest BCUT2D eigenvalue weighted by Crippen LogP contribution is -2.13. The van der Waals surface area contributed by atoms with Crippen molar-refractivity contribution in [2.75, 3.05) is 0 Å². The highest BCUT2D eigenvalue weighted by molar-refractivity contribution is 7.91. The zero-order valence-electron chi connectivity index (χ0n) is 10.5. The second-order valence-electron chi connectivity index (χ2n) is 4.33. The lowest BCUT2D eigenvalue weighted by molar-refractivity contribution is 0.588. The van der Waals surface area contributed by atoms with Crippen molar-refractivity contribution in [1.29, 1.82) is 0 Å². The Morgan fingerprint density at radius 1 is 1.10 bits per heavy atom. The fourth-order valence-corrected chi connectivity index (χ4v) is 3.44. The summed E-state index contributed by atoms with van der Waals surface area (Å²) in [5.41, 5.74) is 0.772. The van der Waals surface area contributed by atoms with Crippen molar-refractivity contribution in [3.63, 3.8) is 0 Å². The molecule has 1 atom stereocenters. The van der Waals surface area contributed by atoms with Gasteiger partial charge in [0.2, 0.25) is 9.84 Å². The van der Waals surface area contributed by atoms with Gasteiger partial charge in [0, 0.05) is 0 Å². The standard InChI is InChI=1S/C15H12FNO2S/c1-17-15(13-8-5-9-14(16)10-13)20(18,19)11-12-6-3-2-4-7-12/h2-10,15H,11H2. The maximum Gasteiger partial charge on any atom is 0.346 e. The van der Waals surface area contributed by atoms with Gasteiger partial charge >= 0.3 is 5.37 Å². The molecule has 0 radical (unpaired) electrons. The van der Waals surface area contributed by atoms with E-state index in [0.717, 1.165) is 6.07 Å². The normalized spacial score (nSPS) is 12.6. The van der Waals surface area contributed by atoms with E-state index >= 15 is 0 Å². The van der Waals surface area contributed by atoms with E-state index in [9.17, 15) is 12.8 Å². The van der Waals surface area contributed by atoms with Gasteiger partial charge in [-0.2, -0.15) is 0 Å². The van der Waals surface area contributed by atoms with E-state index in [0.29, 0.717) is 5.56 Å². The van der Waals surface area contributed by atoms with Crippen LogP contribution in [0.15, 0.2) is 54.6 Å². The van der Waals surface area contributed by atoms with E-state index in [-0.39, 0.29) is 11.3 Å². The summed E-state index contributed by atoms with van der Waals surface area (Å²) in [5, 5.41) is -1.38. The highest BCUT2D eigenvalue weighted by Crippen LogP contribution is 2.27. The Labute approximate surface area is 117 Å². The molecular weight excluding hydrogens is 277 g/mol. The number of nitrogens with zero attached hydrogens (tertiary/aromatic N) is 1. The molecule has 0 heterocycles. The number of benzene rings is 2. The molecule has 20 heavy (non-hydrogen) atoms. The SMILES string of the molecule is [C-]#[N+]C(c1cccc(F)c1)S(=O)(=O)Cc1ccccc1. The maximum absolute atomic E-state index is 13.2. The molecule has 0 spiro atoms. The van der Waals surface area contributed by atoms with Crippen LogP contribution in [-0.4, -0.2) is 8.42 Å². The average Bonchev–Trinajstić information content (AvgIpc) is 2.39. The van der Waals surface area contributed by atoms with Gasteiger partial charge in [0.25, 0.3) is 0 Å². The third kappa shape index (κ3) is 3.22. The van der Waals surface area contributed by atoms with Gasteiger partial charge < -0.3 is 0 Å². The van der Waals surface area contributed by atoms with E-state index in [4.69, 9.17) is 6.57 Å². The van der Waals surface area contributed by atoms with Crippen LogP contribution in [0.3, 0.4) is 0 Å². The van der Waals surface area contributed by atoms with Crippen LogP contribution in [0.25, 0.3) is 4.85 Å². The van der Waals surface area contributed by atoms with E-state index < -0.39 is 21.0 Å². The van der Waals surface area contributed by atoms with Crippen LogP contribution in [0.2, 0.25) is 0 Å². The zero-order valence-corrected chi connectivity index (χ0v) is 11.3. The van der Waals surface area contributed by atoms with Crippen molar-refractivity contribution >= 4 is 9.84 Å². The molecule has 2 aromatic rings. The monoisotopic (exact) mass is 289 g/mol. The van der Waals surface area contributed by atoms with Crippen LogP contribution >= 0.6 is 0 Å². The third-order valence-corrected chi connectivity index (χ3v) is 4.60. The molecule has 0 bridgehead atoms. The highest BCUT2D eigenvalue weighted by atomic mass is 32.2. The van der Waals surface area contributed by atoms with Crippen molar-refractivity contribution in [3.8, 4) is 0 Å². The lowest BCUT2D eigenvalue weighted by Gasteiger charge is -2.08. The molecule has 2 rings (SSSR count). The molecule has 0 saturated heterocycles. The van der Waals surface area contributed by atoms with Gasteiger partial charge in [0.15, 0.2) is 0 Å². The summed E-state index contributed by atoms with van der Waals surface area (Å²) in [4.78, 5) is 3.16. The van der Waals surface area contributed by atoms with Crippen LogP contribution in [0.1, 0.15) is 16.5 Å². The van der Waals surface area contributed by atoms with E-state index in [1.807, 2.05) is 0 Å². The molecule has 5 heteroatoms. The van der Waals surface area contributed by atoms with Crippen LogP contribution in [0.5, 0.6) is 0 Å². The molecular formula is C15H12FNO2S. The van der Waals surface area contributed by atoms with Gasteiger partial charge in [-0.1, -0.05) is 36.4 Å². The molecule has 0 saturated carbocycles. The quantitative estimate of drug-likeness (QED) is 0.810. The summed E-state index contributed by atoms with van der Waals surface area (Å²) < 4.78 is 37.8. The Hall–Kier alpha value is -2.19. The minimum Gasteiger partial charge on any atom is -0.291 e. The number of hydrogen-bond acceptors (Lipinski definition) is 2. The van der Waals surface area contributed by atoms with E-state index in [1.165, 1.54) is 18.2 Å². The predicted octanol–water partition coefficient (Wildman–Crippen LogP) is 3.36. The Morgan fingerprint density at radius 2 is 1.80 bits per heavy atom.